The second kappa shape index (κ2) is 6.49. The first-order valence-corrected chi connectivity index (χ1v) is 16.1. The third kappa shape index (κ3) is 3.02. The van der Waals surface area contributed by atoms with Crippen LogP contribution < -0.4 is 0 Å². The Kier molecular flexibility index (Phi) is 5.43. The molecule has 0 aromatic rings. The first kappa shape index (κ1) is 20.1. The third-order valence-electron chi connectivity index (χ3n) is 7.31. The summed E-state index contributed by atoms with van der Waals surface area (Å²) in [6.45, 7) is 24.7. The molecule has 0 spiro atoms. The summed E-state index contributed by atoms with van der Waals surface area (Å²) < 4.78 is 3.03. The van der Waals surface area contributed by atoms with E-state index in [9.17, 15) is 0 Å². The van der Waals surface area contributed by atoms with E-state index in [-0.39, 0.29) is 0 Å². The van der Waals surface area contributed by atoms with Gasteiger partial charge < -0.3 is 0 Å². The van der Waals surface area contributed by atoms with Crippen LogP contribution in [0.3, 0.4) is 0 Å². The molecule has 0 unspecified atom stereocenters. The van der Waals surface area contributed by atoms with Crippen molar-refractivity contribution in [3.63, 3.8) is 0 Å². The SMILES string of the molecule is CC1=C(C)C([CH2][Sn]([CH]2C=CC=C2)([C](C)(C)C)[C](C)(C)C)C(C)=C1C. The summed E-state index contributed by atoms with van der Waals surface area (Å²) >= 11 is -2.70. The van der Waals surface area contributed by atoms with Crippen LogP contribution in [0.1, 0.15) is 69.2 Å². The van der Waals surface area contributed by atoms with Crippen LogP contribution in [0.5, 0.6) is 0 Å². The number of rotatable bonds is 3. The fourth-order valence-electron chi connectivity index (χ4n) is 5.70. The predicted octanol–water partition coefficient (Wildman–Crippen LogP) is 7.83. The molecule has 0 radical (unpaired) electrons. The van der Waals surface area contributed by atoms with Gasteiger partial charge in [-0.15, -0.1) is 0 Å². The molecule has 0 saturated carbocycles. The van der Waals surface area contributed by atoms with Crippen molar-refractivity contribution in [2.24, 2.45) is 5.92 Å². The maximum atomic E-state index is 2.54. The fourth-order valence-corrected chi connectivity index (χ4v) is 28.2. The first-order valence-electron chi connectivity index (χ1n) is 9.54. The average Bonchev–Trinajstić information content (AvgIpc) is 3.01. The van der Waals surface area contributed by atoms with Crippen molar-refractivity contribution in [1.82, 2.24) is 0 Å². The van der Waals surface area contributed by atoms with Crippen LogP contribution >= 0.6 is 0 Å². The van der Waals surface area contributed by atoms with Crippen molar-refractivity contribution in [1.29, 1.82) is 0 Å². The standard InChI is InChI=1S/C10H15.C5H5.2C4H9.Sn/c1-6-7(2)9(4)10(5)8(6)3;1-2-4-5-3-1;2*1-4(2)3;/h6H,1H2,2-5H3;1-5H;2*1-3H3;. The summed E-state index contributed by atoms with van der Waals surface area (Å²) in [5.74, 6) is 0.682. The Bertz CT molecular complexity index is 576. The molecule has 2 rings (SSSR count). The van der Waals surface area contributed by atoms with Gasteiger partial charge in [-0.25, -0.2) is 0 Å². The van der Waals surface area contributed by atoms with Crippen molar-refractivity contribution in [2.75, 3.05) is 0 Å². The minimum atomic E-state index is -2.70. The monoisotopic (exact) mass is 434 g/mol. The molecule has 0 aromatic carbocycles. The van der Waals surface area contributed by atoms with Gasteiger partial charge in [0.1, 0.15) is 0 Å². The quantitative estimate of drug-likeness (QED) is 0.398. The van der Waals surface area contributed by atoms with E-state index in [1.54, 1.807) is 22.3 Å². The van der Waals surface area contributed by atoms with Crippen LogP contribution in [0, 0.1) is 5.92 Å². The van der Waals surface area contributed by atoms with Gasteiger partial charge in [-0.05, 0) is 0 Å². The van der Waals surface area contributed by atoms with Gasteiger partial charge in [0.2, 0.25) is 0 Å². The van der Waals surface area contributed by atoms with E-state index in [1.165, 1.54) is 4.44 Å². The predicted molar refractivity (Wildman–Crippen MR) is 112 cm³/mol. The summed E-state index contributed by atoms with van der Waals surface area (Å²) in [5, 5.41) is 0. The molecule has 0 bridgehead atoms. The fraction of sp³-hybridized carbons (Fsp3) is 0.652. The Morgan fingerprint density at radius 3 is 1.46 bits per heavy atom. The molecule has 0 N–H and O–H groups in total. The summed E-state index contributed by atoms with van der Waals surface area (Å²) in [6, 6.07) is 0. The van der Waals surface area contributed by atoms with Gasteiger partial charge in [-0.1, -0.05) is 0 Å². The van der Waals surface area contributed by atoms with Crippen molar-refractivity contribution in [2.45, 2.75) is 84.5 Å². The molecule has 0 aromatic heterocycles. The third-order valence-corrected chi connectivity index (χ3v) is 29.9. The van der Waals surface area contributed by atoms with Gasteiger partial charge >= 0.3 is 155 Å². The Labute approximate surface area is 155 Å². The van der Waals surface area contributed by atoms with Crippen molar-refractivity contribution in [3.05, 3.63) is 46.6 Å². The molecule has 2 aliphatic carbocycles. The summed E-state index contributed by atoms with van der Waals surface area (Å²) in [4.78, 5) is 0. The summed E-state index contributed by atoms with van der Waals surface area (Å²) in [5.41, 5.74) is 6.40. The number of hydrogen-bond acceptors (Lipinski definition) is 0. The number of hydrogen-bond donors (Lipinski definition) is 0. The molecule has 0 fully saturated rings. The van der Waals surface area contributed by atoms with Crippen LogP contribution in [0.2, 0.25) is 15.2 Å². The van der Waals surface area contributed by atoms with Crippen LogP contribution in [0.25, 0.3) is 0 Å². The zero-order valence-corrected chi connectivity index (χ0v) is 20.5. The van der Waals surface area contributed by atoms with E-state index in [2.05, 4.69) is 93.5 Å². The zero-order chi connectivity index (χ0) is 18.5. The maximum absolute atomic E-state index is 2.70. The molecular weight excluding hydrogens is 395 g/mol. The molecule has 0 saturated heterocycles. The average molecular weight is 433 g/mol. The minimum absolute atomic E-state index is 0.432. The normalized spacial score (nSPS) is 20.9. The van der Waals surface area contributed by atoms with E-state index in [4.69, 9.17) is 0 Å². The van der Waals surface area contributed by atoms with Crippen molar-refractivity contribution < 1.29 is 0 Å². The second-order valence-corrected chi connectivity index (χ2v) is 27.3. The molecule has 2 aliphatic rings. The van der Waals surface area contributed by atoms with E-state index < -0.39 is 18.4 Å². The van der Waals surface area contributed by atoms with E-state index in [0.717, 1.165) is 3.93 Å². The van der Waals surface area contributed by atoms with E-state index in [1.807, 2.05) is 0 Å². The molecule has 0 atom stereocenters. The Morgan fingerprint density at radius 1 is 0.750 bits per heavy atom. The molecule has 134 valence electrons. The van der Waals surface area contributed by atoms with Crippen LogP contribution in [0.4, 0.5) is 0 Å². The van der Waals surface area contributed by atoms with Gasteiger partial charge in [-0.2, -0.15) is 0 Å². The van der Waals surface area contributed by atoms with Gasteiger partial charge in [0.15, 0.2) is 0 Å². The van der Waals surface area contributed by atoms with E-state index >= 15 is 0 Å². The molecule has 24 heavy (non-hydrogen) atoms. The molecule has 1 heteroatoms. The van der Waals surface area contributed by atoms with Gasteiger partial charge in [0, 0.05) is 0 Å². The van der Waals surface area contributed by atoms with Crippen molar-refractivity contribution in [3.8, 4) is 0 Å². The first-order chi connectivity index (χ1) is 10.8. The summed E-state index contributed by atoms with van der Waals surface area (Å²) in [7, 11) is 0. The Balaban J connectivity index is 2.60. The van der Waals surface area contributed by atoms with Gasteiger partial charge in [0.25, 0.3) is 0 Å². The zero-order valence-electron chi connectivity index (χ0n) is 17.7. The summed E-state index contributed by atoms with van der Waals surface area (Å²) in [6.07, 6.45) is 9.65. The van der Waals surface area contributed by atoms with E-state index in [0.29, 0.717) is 12.8 Å². The molecule has 0 nitrogen and oxygen atoms in total. The molecule has 0 aliphatic heterocycles. The van der Waals surface area contributed by atoms with Gasteiger partial charge in [0.05, 0.1) is 0 Å². The number of allylic oxidation sites excluding steroid dienone is 8. The Morgan fingerprint density at radius 2 is 1.12 bits per heavy atom. The van der Waals surface area contributed by atoms with Crippen molar-refractivity contribution >= 4 is 18.4 Å². The van der Waals surface area contributed by atoms with Gasteiger partial charge in [-0.3, -0.25) is 0 Å². The van der Waals surface area contributed by atoms with Crippen LogP contribution in [-0.4, -0.2) is 18.4 Å². The molecule has 0 heterocycles. The molecular formula is C23H38Sn. The van der Waals surface area contributed by atoms with Crippen LogP contribution in [0.15, 0.2) is 46.6 Å². The molecule has 0 amide bonds. The topological polar surface area (TPSA) is 0 Å². The van der Waals surface area contributed by atoms with Crippen LogP contribution in [-0.2, 0) is 0 Å². The Hall–Kier alpha value is -0.241. The second-order valence-electron chi connectivity index (χ2n) is 10.1.